The third kappa shape index (κ3) is 4.88. The summed E-state index contributed by atoms with van der Waals surface area (Å²) in [5.41, 5.74) is 1.04. The van der Waals surface area contributed by atoms with Crippen LogP contribution in [0.25, 0.3) is 5.76 Å². The van der Waals surface area contributed by atoms with Crippen LogP contribution in [-0.4, -0.2) is 33.3 Å². The lowest BCUT2D eigenvalue weighted by atomic mass is 9.99. The van der Waals surface area contributed by atoms with E-state index in [0.29, 0.717) is 35.1 Å². The van der Waals surface area contributed by atoms with E-state index < -0.39 is 17.7 Å². The molecule has 0 radical (unpaired) electrons. The molecule has 3 heterocycles. The van der Waals surface area contributed by atoms with Crippen molar-refractivity contribution in [2.24, 2.45) is 0 Å². The Bertz CT molecular complexity index is 1180. The van der Waals surface area contributed by atoms with Crippen molar-refractivity contribution in [1.82, 2.24) is 9.88 Å². The summed E-state index contributed by atoms with van der Waals surface area (Å²) in [6, 6.07) is 14.9. The molecule has 1 fully saturated rings. The summed E-state index contributed by atoms with van der Waals surface area (Å²) in [7, 11) is 0. The third-order valence-electron chi connectivity index (χ3n) is 5.77. The predicted molar refractivity (Wildman–Crippen MR) is 127 cm³/mol. The number of amides is 1. The van der Waals surface area contributed by atoms with Crippen LogP contribution in [0.2, 0.25) is 0 Å². The number of aliphatic hydroxyl groups excluding tert-OH is 1. The van der Waals surface area contributed by atoms with Gasteiger partial charge in [0, 0.05) is 11.8 Å². The van der Waals surface area contributed by atoms with Gasteiger partial charge < -0.3 is 19.2 Å². The van der Waals surface area contributed by atoms with Crippen LogP contribution in [-0.2, 0) is 16.1 Å². The summed E-state index contributed by atoms with van der Waals surface area (Å²) in [4.78, 5) is 31.8. The maximum atomic E-state index is 13.1. The Hall–Kier alpha value is -3.87. The van der Waals surface area contributed by atoms with Crippen molar-refractivity contribution in [1.29, 1.82) is 0 Å². The highest BCUT2D eigenvalue weighted by molar-refractivity contribution is 6.46. The second-order valence-electron chi connectivity index (χ2n) is 8.28. The third-order valence-corrected chi connectivity index (χ3v) is 5.77. The molecule has 3 aromatic rings. The number of unbranched alkanes of at least 4 members (excludes halogenated alkanes) is 2. The number of ketones is 1. The lowest BCUT2D eigenvalue weighted by Crippen LogP contribution is -2.29. The molecule has 4 rings (SSSR count). The van der Waals surface area contributed by atoms with E-state index in [1.54, 1.807) is 61.7 Å². The summed E-state index contributed by atoms with van der Waals surface area (Å²) >= 11 is 0. The number of nitrogens with zero attached hydrogens (tertiary/aromatic N) is 2. The number of hydrogen-bond acceptors (Lipinski definition) is 6. The second kappa shape index (κ2) is 10.4. The molecule has 0 aliphatic carbocycles. The highest BCUT2D eigenvalue weighted by atomic mass is 16.5. The second-order valence-corrected chi connectivity index (χ2v) is 8.28. The van der Waals surface area contributed by atoms with E-state index in [0.717, 1.165) is 19.3 Å². The average molecular weight is 461 g/mol. The molecule has 34 heavy (non-hydrogen) atoms. The molecular formula is C27H28N2O5. The van der Waals surface area contributed by atoms with Crippen molar-refractivity contribution >= 4 is 17.4 Å². The number of aliphatic hydroxyl groups is 1. The topological polar surface area (TPSA) is 92.9 Å². The number of pyridine rings is 1. The van der Waals surface area contributed by atoms with E-state index in [4.69, 9.17) is 9.15 Å². The van der Waals surface area contributed by atoms with E-state index >= 15 is 0 Å². The largest absolute Gasteiger partial charge is 0.507 e. The Morgan fingerprint density at radius 2 is 1.88 bits per heavy atom. The molecule has 1 saturated heterocycles. The number of benzene rings is 1. The van der Waals surface area contributed by atoms with Crippen molar-refractivity contribution in [3.63, 3.8) is 0 Å². The number of rotatable bonds is 9. The Balaban J connectivity index is 1.68. The normalized spacial score (nSPS) is 17.4. The van der Waals surface area contributed by atoms with Crippen molar-refractivity contribution in [3.05, 3.63) is 89.1 Å². The molecular weight excluding hydrogens is 432 g/mol. The number of carbonyl (C=O) groups excluding carboxylic acids is 2. The molecule has 1 atom stereocenters. The number of aromatic nitrogens is 1. The molecule has 2 aromatic heterocycles. The molecule has 1 N–H and O–H groups in total. The van der Waals surface area contributed by atoms with Crippen molar-refractivity contribution in [3.8, 4) is 5.75 Å². The maximum Gasteiger partial charge on any atom is 0.296 e. The molecule has 1 aliphatic rings. The van der Waals surface area contributed by atoms with Gasteiger partial charge in [-0.05, 0) is 61.9 Å². The first-order chi connectivity index (χ1) is 16.5. The Labute approximate surface area is 198 Å². The van der Waals surface area contributed by atoms with Gasteiger partial charge in [0.25, 0.3) is 11.7 Å². The molecule has 176 valence electrons. The van der Waals surface area contributed by atoms with Crippen molar-refractivity contribution < 1.29 is 23.8 Å². The van der Waals surface area contributed by atoms with Gasteiger partial charge in [0.05, 0.1) is 24.4 Å². The minimum Gasteiger partial charge on any atom is -0.507 e. The van der Waals surface area contributed by atoms with E-state index in [2.05, 4.69) is 11.9 Å². The number of Topliss-reactive ketones (excluding diaryl/α,β-unsaturated/α-hetero) is 1. The molecule has 7 heteroatoms. The Morgan fingerprint density at radius 3 is 2.53 bits per heavy atom. The summed E-state index contributed by atoms with van der Waals surface area (Å²) in [5.74, 6) is 0.0162. The first kappa shape index (κ1) is 23.3. The fraction of sp³-hybridized carbons (Fsp3) is 0.296. The number of ether oxygens (including phenoxy) is 1. The van der Waals surface area contributed by atoms with Gasteiger partial charge in [-0.3, -0.25) is 14.6 Å². The summed E-state index contributed by atoms with van der Waals surface area (Å²) in [6.07, 6.45) is 4.82. The van der Waals surface area contributed by atoms with Gasteiger partial charge in [0.15, 0.2) is 0 Å². The summed E-state index contributed by atoms with van der Waals surface area (Å²) in [6.45, 7) is 4.65. The summed E-state index contributed by atoms with van der Waals surface area (Å²) < 4.78 is 11.5. The molecule has 1 aliphatic heterocycles. The van der Waals surface area contributed by atoms with Gasteiger partial charge in [0.2, 0.25) is 0 Å². The van der Waals surface area contributed by atoms with Gasteiger partial charge in [-0.1, -0.05) is 25.8 Å². The smallest absolute Gasteiger partial charge is 0.296 e. The molecule has 7 nitrogen and oxygen atoms in total. The molecule has 0 saturated carbocycles. The molecule has 1 unspecified atom stereocenters. The van der Waals surface area contributed by atoms with E-state index in [1.807, 2.05) is 6.07 Å². The van der Waals surface area contributed by atoms with E-state index in [-0.39, 0.29) is 17.9 Å². The van der Waals surface area contributed by atoms with Crippen LogP contribution in [0.15, 0.2) is 70.8 Å². The maximum absolute atomic E-state index is 13.1. The highest BCUT2D eigenvalue weighted by Gasteiger charge is 2.47. The average Bonchev–Trinajstić information content (AvgIpc) is 3.38. The quantitative estimate of drug-likeness (QED) is 0.205. The van der Waals surface area contributed by atoms with Gasteiger partial charge in [-0.25, -0.2) is 0 Å². The number of likely N-dealkylation sites (tertiary alicyclic amines) is 1. The predicted octanol–water partition coefficient (Wildman–Crippen LogP) is 5.17. The number of aryl methyl sites for hydroxylation is 1. The summed E-state index contributed by atoms with van der Waals surface area (Å²) in [5, 5.41) is 11.1. The fourth-order valence-corrected chi connectivity index (χ4v) is 4.01. The van der Waals surface area contributed by atoms with Gasteiger partial charge >= 0.3 is 0 Å². The van der Waals surface area contributed by atoms with Crippen LogP contribution in [0, 0.1) is 6.92 Å². The molecule has 1 aromatic carbocycles. The van der Waals surface area contributed by atoms with Crippen LogP contribution in [0.5, 0.6) is 5.75 Å². The van der Waals surface area contributed by atoms with Gasteiger partial charge in [0.1, 0.15) is 29.1 Å². The zero-order valence-electron chi connectivity index (χ0n) is 19.4. The van der Waals surface area contributed by atoms with Gasteiger partial charge in [-0.2, -0.15) is 0 Å². The fourth-order valence-electron chi connectivity index (χ4n) is 4.01. The van der Waals surface area contributed by atoms with Crippen molar-refractivity contribution in [2.45, 2.75) is 45.7 Å². The molecule has 0 bridgehead atoms. The number of carbonyl (C=O) groups is 2. The standard InChI is InChI=1S/C27H28N2O5/c1-3-4-7-16-33-21-12-10-19(11-13-21)25(30)23-24(22-14-9-18(2)34-22)29(27(32)26(23)31)17-20-8-5-6-15-28-20/h5-6,8-15,24,30H,3-4,7,16-17H2,1-2H3/b25-23-. The molecule has 0 spiro atoms. The van der Waals surface area contributed by atoms with E-state index in [1.165, 1.54) is 4.90 Å². The number of furan rings is 1. The minimum atomic E-state index is -0.860. The lowest BCUT2D eigenvalue weighted by molar-refractivity contribution is -0.140. The first-order valence-corrected chi connectivity index (χ1v) is 11.5. The Kier molecular flexibility index (Phi) is 7.11. The zero-order chi connectivity index (χ0) is 24.1. The van der Waals surface area contributed by atoms with E-state index in [9.17, 15) is 14.7 Å². The zero-order valence-corrected chi connectivity index (χ0v) is 19.4. The SMILES string of the molecule is CCCCCOc1ccc(/C(O)=C2/C(=O)C(=O)N(Cc3ccccn3)C2c2ccc(C)o2)cc1. The van der Waals surface area contributed by atoms with Crippen LogP contribution in [0.3, 0.4) is 0 Å². The number of hydrogen-bond donors (Lipinski definition) is 1. The highest BCUT2D eigenvalue weighted by Crippen LogP contribution is 2.40. The molecule has 1 amide bonds. The lowest BCUT2D eigenvalue weighted by Gasteiger charge is -2.23. The van der Waals surface area contributed by atoms with Crippen molar-refractivity contribution in [2.75, 3.05) is 6.61 Å². The van der Waals surface area contributed by atoms with Crippen LogP contribution >= 0.6 is 0 Å². The van der Waals surface area contributed by atoms with Crippen LogP contribution in [0.4, 0.5) is 0 Å². The Morgan fingerprint density at radius 1 is 1.09 bits per heavy atom. The first-order valence-electron chi connectivity index (χ1n) is 11.5. The van der Waals surface area contributed by atoms with Crippen LogP contribution < -0.4 is 4.74 Å². The van der Waals surface area contributed by atoms with Crippen LogP contribution in [0.1, 0.15) is 55.0 Å². The van der Waals surface area contributed by atoms with Gasteiger partial charge in [-0.15, -0.1) is 0 Å². The monoisotopic (exact) mass is 460 g/mol. The minimum absolute atomic E-state index is 0.00750.